The van der Waals surface area contributed by atoms with Gasteiger partial charge in [0, 0.05) is 18.2 Å². The summed E-state index contributed by atoms with van der Waals surface area (Å²) in [5, 5.41) is 10.7. The first-order chi connectivity index (χ1) is 12.5. The van der Waals surface area contributed by atoms with E-state index in [1.807, 2.05) is 0 Å². The van der Waals surface area contributed by atoms with E-state index in [9.17, 15) is 14.9 Å². The van der Waals surface area contributed by atoms with Crippen LogP contribution in [0.2, 0.25) is 0 Å². The number of hydrogen-bond acceptors (Lipinski definition) is 7. The number of nitrogens with zero attached hydrogens (tertiary/aromatic N) is 2. The van der Waals surface area contributed by atoms with Gasteiger partial charge in [0.25, 0.3) is 11.6 Å². The van der Waals surface area contributed by atoms with E-state index in [1.165, 1.54) is 28.8 Å². The molecule has 0 unspecified atom stereocenters. The van der Waals surface area contributed by atoms with Crippen molar-refractivity contribution in [3.8, 4) is 11.5 Å². The van der Waals surface area contributed by atoms with Gasteiger partial charge in [0.2, 0.25) is 6.79 Å². The zero-order chi connectivity index (χ0) is 18.3. The van der Waals surface area contributed by atoms with Crippen molar-refractivity contribution in [3.05, 3.63) is 63.0 Å². The minimum atomic E-state index is -0.469. The van der Waals surface area contributed by atoms with Gasteiger partial charge in [-0.15, -0.1) is 0 Å². The number of benzene rings is 2. The van der Waals surface area contributed by atoms with Gasteiger partial charge in [-0.25, -0.2) is 0 Å². The second kappa shape index (κ2) is 6.43. The first kappa shape index (κ1) is 16.6. The molecule has 4 rings (SSSR count). The van der Waals surface area contributed by atoms with Crippen LogP contribution in [0.4, 0.5) is 11.4 Å². The summed E-state index contributed by atoms with van der Waals surface area (Å²) in [6.07, 6.45) is 1.66. The number of thioether (sulfide) groups is 1. The third kappa shape index (κ3) is 2.91. The average Bonchev–Trinajstić information content (AvgIpc) is 3.19. The number of carbonyl (C=O) groups is 1. The van der Waals surface area contributed by atoms with Gasteiger partial charge in [0.1, 0.15) is 0 Å². The first-order valence-corrected chi connectivity index (χ1v) is 8.67. The van der Waals surface area contributed by atoms with E-state index >= 15 is 0 Å². The molecule has 0 bridgehead atoms. The van der Waals surface area contributed by atoms with Gasteiger partial charge in [0.05, 0.1) is 15.5 Å². The highest BCUT2D eigenvalue weighted by Gasteiger charge is 2.34. The molecular formula is C17H10N2O5S2. The summed E-state index contributed by atoms with van der Waals surface area (Å²) < 4.78 is 11.0. The number of hydrogen-bond donors (Lipinski definition) is 0. The third-order valence-corrected chi connectivity index (χ3v) is 5.11. The summed E-state index contributed by atoms with van der Waals surface area (Å²) in [5.41, 5.74) is 1.28. The van der Waals surface area contributed by atoms with Gasteiger partial charge in [-0.3, -0.25) is 19.8 Å². The van der Waals surface area contributed by atoms with E-state index in [0.717, 1.165) is 0 Å². The number of nitro benzene ring substituents is 1. The lowest BCUT2D eigenvalue weighted by Gasteiger charge is -2.14. The van der Waals surface area contributed by atoms with Crippen molar-refractivity contribution >= 4 is 51.7 Å². The number of rotatable bonds is 3. The fourth-order valence-electron chi connectivity index (χ4n) is 2.56. The van der Waals surface area contributed by atoms with Crippen LogP contribution in [0.3, 0.4) is 0 Å². The van der Waals surface area contributed by atoms with E-state index in [2.05, 4.69) is 0 Å². The molecule has 7 nitrogen and oxygen atoms in total. The maximum absolute atomic E-state index is 12.8. The molecule has 2 aliphatic heterocycles. The summed E-state index contributed by atoms with van der Waals surface area (Å²) in [4.78, 5) is 24.9. The normalized spacial score (nSPS) is 17.2. The van der Waals surface area contributed by atoms with Crippen LogP contribution in [0, 0.1) is 10.1 Å². The molecule has 0 aromatic heterocycles. The zero-order valence-corrected chi connectivity index (χ0v) is 14.7. The molecule has 26 heavy (non-hydrogen) atoms. The minimum Gasteiger partial charge on any atom is -0.454 e. The molecule has 2 aromatic carbocycles. The van der Waals surface area contributed by atoms with Crippen molar-refractivity contribution < 1.29 is 19.2 Å². The number of ether oxygens (including phenoxy) is 2. The Morgan fingerprint density at radius 1 is 1.15 bits per heavy atom. The first-order valence-electron chi connectivity index (χ1n) is 7.45. The fraction of sp³-hybridized carbons (Fsp3) is 0.0588. The highest BCUT2D eigenvalue weighted by Crippen LogP contribution is 2.40. The summed E-state index contributed by atoms with van der Waals surface area (Å²) in [5.74, 6) is 0.939. The van der Waals surface area contributed by atoms with Crippen molar-refractivity contribution in [1.29, 1.82) is 0 Å². The van der Waals surface area contributed by atoms with Crippen molar-refractivity contribution in [2.24, 2.45) is 0 Å². The molecule has 2 aromatic rings. The highest BCUT2D eigenvalue weighted by atomic mass is 32.2. The molecule has 1 amide bonds. The lowest BCUT2D eigenvalue weighted by Crippen LogP contribution is -2.27. The van der Waals surface area contributed by atoms with E-state index in [0.29, 0.717) is 32.0 Å². The van der Waals surface area contributed by atoms with Gasteiger partial charge in [-0.2, -0.15) is 0 Å². The molecule has 2 aliphatic rings. The molecule has 0 aliphatic carbocycles. The Bertz CT molecular complexity index is 972. The lowest BCUT2D eigenvalue weighted by molar-refractivity contribution is -0.384. The molecule has 0 atom stereocenters. The predicted molar refractivity (Wildman–Crippen MR) is 101 cm³/mol. The van der Waals surface area contributed by atoms with E-state index in [-0.39, 0.29) is 18.4 Å². The van der Waals surface area contributed by atoms with Crippen LogP contribution >= 0.6 is 24.0 Å². The van der Waals surface area contributed by atoms with E-state index in [1.54, 1.807) is 36.4 Å². The van der Waals surface area contributed by atoms with Crippen LogP contribution < -0.4 is 14.4 Å². The largest absolute Gasteiger partial charge is 0.454 e. The number of carbonyl (C=O) groups excluding carboxylic acids is 1. The smallest absolute Gasteiger partial charge is 0.270 e. The van der Waals surface area contributed by atoms with Gasteiger partial charge < -0.3 is 9.47 Å². The number of non-ortho nitro benzene ring substituents is 1. The molecule has 2 heterocycles. The number of thiocarbonyl (C=S) groups is 1. The number of anilines is 1. The fourth-order valence-corrected chi connectivity index (χ4v) is 3.86. The Labute approximate surface area is 157 Å². The Balaban J connectivity index is 1.61. The summed E-state index contributed by atoms with van der Waals surface area (Å²) in [6.45, 7) is 0.150. The van der Waals surface area contributed by atoms with E-state index in [4.69, 9.17) is 21.7 Å². The standard InChI is InChI=1S/C17H10N2O5S2/c20-16-15(7-10-1-3-11(4-2-10)19(21)22)26-17(25)18(16)12-5-6-13-14(8-12)24-9-23-13/h1-8H,9H2/b15-7+. The Kier molecular flexibility index (Phi) is 4.09. The monoisotopic (exact) mass is 386 g/mol. The Morgan fingerprint density at radius 3 is 2.62 bits per heavy atom. The predicted octanol–water partition coefficient (Wildman–Crippen LogP) is 3.73. The maximum Gasteiger partial charge on any atom is 0.270 e. The lowest BCUT2D eigenvalue weighted by atomic mass is 10.2. The van der Waals surface area contributed by atoms with E-state index < -0.39 is 4.92 Å². The van der Waals surface area contributed by atoms with Crippen LogP contribution in [-0.2, 0) is 4.79 Å². The summed E-state index contributed by atoms with van der Waals surface area (Å²) in [6, 6.07) is 11.1. The van der Waals surface area contributed by atoms with Gasteiger partial charge in [0.15, 0.2) is 15.8 Å². The molecule has 9 heteroatoms. The highest BCUT2D eigenvalue weighted by molar-refractivity contribution is 8.27. The quantitative estimate of drug-likeness (QED) is 0.344. The SMILES string of the molecule is O=C1/C(=C\c2ccc([N+](=O)[O-])cc2)SC(=S)N1c1ccc2c(c1)OCO2. The van der Waals surface area contributed by atoms with Gasteiger partial charge in [-0.05, 0) is 35.9 Å². The van der Waals surface area contributed by atoms with Gasteiger partial charge in [-0.1, -0.05) is 24.0 Å². The van der Waals surface area contributed by atoms with Crippen molar-refractivity contribution in [2.45, 2.75) is 0 Å². The molecule has 0 N–H and O–H groups in total. The molecule has 1 fully saturated rings. The molecular weight excluding hydrogens is 376 g/mol. The molecule has 0 spiro atoms. The molecule has 130 valence electrons. The van der Waals surface area contributed by atoms with Crippen molar-refractivity contribution in [3.63, 3.8) is 0 Å². The Morgan fingerprint density at radius 2 is 1.88 bits per heavy atom. The van der Waals surface area contributed by atoms with Gasteiger partial charge >= 0.3 is 0 Å². The van der Waals surface area contributed by atoms with Crippen LogP contribution in [0.5, 0.6) is 11.5 Å². The van der Waals surface area contributed by atoms with Crippen molar-refractivity contribution in [2.75, 3.05) is 11.7 Å². The number of fused-ring (bicyclic) bond motifs is 1. The van der Waals surface area contributed by atoms with Crippen LogP contribution in [0.1, 0.15) is 5.56 Å². The molecule has 0 radical (unpaired) electrons. The minimum absolute atomic E-state index is 0.00458. The van der Waals surface area contributed by atoms with Crippen LogP contribution in [0.25, 0.3) is 6.08 Å². The summed E-state index contributed by atoms with van der Waals surface area (Å²) >= 11 is 6.52. The number of nitro groups is 1. The third-order valence-electron chi connectivity index (χ3n) is 3.81. The van der Waals surface area contributed by atoms with Crippen LogP contribution in [-0.4, -0.2) is 21.9 Å². The zero-order valence-electron chi connectivity index (χ0n) is 13.1. The Hall–Kier alpha value is -2.91. The number of amides is 1. The second-order valence-electron chi connectivity index (χ2n) is 5.40. The van der Waals surface area contributed by atoms with Crippen molar-refractivity contribution in [1.82, 2.24) is 0 Å². The maximum atomic E-state index is 12.8. The summed E-state index contributed by atoms with van der Waals surface area (Å²) in [7, 11) is 0. The molecule has 0 saturated carbocycles. The molecule has 1 saturated heterocycles. The second-order valence-corrected chi connectivity index (χ2v) is 7.08. The average molecular weight is 386 g/mol. The topological polar surface area (TPSA) is 81.9 Å². The van der Waals surface area contributed by atoms with Crippen LogP contribution in [0.15, 0.2) is 47.4 Å².